The third-order valence-electron chi connectivity index (χ3n) is 4.49. The Hall–Kier alpha value is -2.42. The Morgan fingerprint density at radius 3 is 2.38 bits per heavy atom. The van der Waals surface area contributed by atoms with Gasteiger partial charge < -0.3 is 10.0 Å². The fraction of sp³-hybridized carbons (Fsp3) is 0.368. The molecule has 1 aromatic carbocycles. The summed E-state index contributed by atoms with van der Waals surface area (Å²) in [5.74, 6) is -0.469. The van der Waals surface area contributed by atoms with Gasteiger partial charge in [-0.3, -0.25) is 9.88 Å². The van der Waals surface area contributed by atoms with Crippen molar-refractivity contribution in [2.45, 2.75) is 6.10 Å². The number of hydrogen-bond donors (Lipinski definition) is 1. The van der Waals surface area contributed by atoms with Crippen LogP contribution in [-0.4, -0.2) is 47.7 Å². The van der Waals surface area contributed by atoms with Crippen LogP contribution in [-0.2, 0) is 0 Å². The van der Waals surface area contributed by atoms with Gasteiger partial charge in [-0.1, -0.05) is 24.3 Å². The molecule has 0 radical (unpaired) electrons. The van der Waals surface area contributed by atoms with Gasteiger partial charge in [0.05, 0.1) is 17.7 Å². The lowest BCUT2D eigenvalue weighted by molar-refractivity contribution is 0.100. The minimum Gasteiger partial charge on any atom is -0.385 e. The highest BCUT2D eigenvalue weighted by Gasteiger charge is 2.26. The topological polar surface area (TPSA) is 63.4 Å². The molecule has 0 unspecified atom stereocenters. The molecule has 1 saturated heterocycles. The van der Waals surface area contributed by atoms with E-state index < -0.39 is 12.0 Å². The van der Waals surface area contributed by atoms with E-state index in [-0.39, 0.29) is 0 Å². The number of aliphatic hydroxyl groups is 1. The number of aliphatic hydroxyl groups excluding tert-OH is 1. The van der Waals surface area contributed by atoms with E-state index in [2.05, 4.69) is 45.1 Å². The maximum absolute atomic E-state index is 10.4. The summed E-state index contributed by atoms with van der Waals surface area (Å²) in [4.78, 5) is 8.77. The summed E-state index contributed by atoms with van der Waals surface area (Å²) in [6.45, 7) is 4.21. The van der Waals surface area contributed by atoms with Crippen LogP contribution in [0.4, 0.5) is 5.69 Å². The Labute approximate surface area is 142 Å². The van der Waals surface area contributed by atoms with E-state index in [9.17, 15) is 10.4 Å². The van der Waals surface area contributed by atoms with Crippen LogP contribution < -0.4 is 4.90 Å². The van der Waals surface area contributed by atoms with Crippen LogP contribution in [0.2, 0.25) is 0 Å². The predicted octanol–water partition coefficient (Wildman–Crippen LogP) is 2.08. The highest BCUT2D eigenvalue weighted by Crippen LogP contribution is 2.22. The average molecular weight is 322 g/mol. The third-order valence-corrected chi connectivity index (χ3v) is 4.49. The molecule has 1 fully saturated rings. The Morgan fingerprint density at radius 1 is 1.04 bits per heavy atom. The van der Waals surface area contributed by atoms with Crippen molar-refractivity contribution in [2.75, 3.05) is 37.6 Å². The highest BCUT2D eigenvalue weighted by atomic mass is 16.3. The van der Waals surface area contributed by atoms with Crippen molar-refractivity contribution in [1.82, 2.24) is 9.88 Å². The molecule has 2 aromatic rings. The van der Waals surface area contributed by atoms with Crippen LogP contribution in [0.15, 0.2) is 54.7 Å². The summed E-state index contributed by atoms with van der Waals surface area (Å²) in [5.41, 5.74) is 1.80. The smallest absolute Gasteiger partial charge is 0.113 e. The molecule has 24 heavy (non-hydrogen) atoms. The molecule has 0 bridgehead atoms. The van der Waals surface area contributed by atoms with Crippen molar-refractivity contribution < 1.29 is 5.11 Å². The van der Waals surface area contributed by atoms with Gasteiger partial charge in [0.1, 0.15) is 6.10 Å². The fourth-order valence-corrected chi connectivity index (χ4v) is 3.07. The van der Waals surface area contributed by atoms with E-state index in [1.165, 1.54) is 5.69 Å². The number of anilines is 1. The van der Waals surface area contributed by atoms with Crippen LogP contribution in [0.1, 0.15) is 11.8 Å². The molecule has 3 rings (SSSR count). The van der Waals surface area contributed by atoms with E-state index >= 15 is 0 Å². The molecule has 0 amide bonds. The van der Waals surface area contributed by atoms with E-state index in [4.69, 9.17) is 0 Å². The standard InChI is InChI=1S/C19H22N4O/c20-14-16(19(24)18-8-4-5-9-21-18)15-22-10-12-23(13-11-22)17-6-2-1-3-7-17/h1-9,16,19,24H,10-13,15H2/t16-,19-/m1/s1. The van der Waals surface area contributed by atoms with Gasteiger partial charge in [-0.25, -0.2) is 0 Å². The first kappa shape index (κ1) is 16.4. The number of para-hydroxylation sites is 1. The molecule has 1 aliphatic heterocycles. The largest absolute Gasteiger partial charge is 0.385 e. The second-order valence-corrected chi connectivity index (χ2v) is 6.06. The van der Waals surface area contributed by atoms with Gasteiger partial charge in [-0.15, -0.1) is 0 Å². The Bertz CT molecular complexity index is 663. The van der Waals surface area contributed by atoms with E-state index in [0.29, 0.717) is 12.2 Å². The maximum atomic E-state index is 10.4. The molecule has 0 spiro atoms. The van der Waals surface area contributed by atoms with Gasteiger partial charge in [-0.05, 0) is 24.3 Å². The first-order chi connectivity index (χ1) is 11.8. The van der Waals surface area contributed by atoms with Gasteiger partial charge in [0.15, 0.2) is 0 Å². The number of hydrogen-bond acceptors (Lipinski definition) is 5. The number of aromatic nitrogens is 1. The Balaban J connectivity index is 1.56. The summed E-state index contributed by atoms with van der Waals surface area (Å²) in [6.07, 6.45) is 0.800. The molecule has 2 heterocycles. The van der Waals surface area contributed by atoms with E-state index in [0.717, 1.165) is 26.2 Å². The summed E-state index contributed by atoms with van der Waals surface area (Å²) in [6, 6.07) is 18.0. The Kier molecular flexibility index (Phi) is 5.42. The lowest BCUT2D eigenvalue weighted by Gasteiger charge is -2.37. The predicted molar refractivity (Wildman–Crippen MR) is 93.4 cm³/mol. The van der Waals surface area contributed by atoms with E-state index in [1.54, 1.807) is 18.3 Å². The zero-order chi connectivity index (χ0) is 16.8. The molecule has 0 aliphatic carbocycles. The molecular weight excluding hydrogens is 300 g/mol. The molecule has 0 saturated carbocycles. The first-order valence-corrected chi connectivity index (χ1v) is 8.29. The summed E-state index contributed by atoms with van der Waals surface area (Å²) < 4.78 is 0. The van der Waals surface area contributed by atoms with Crippen molar-refractivity contribution in [2.24, 2.45) is 5.92 Å². The highest BCUT2D eigenvalue weighted by molar-refractivity contribution is 5.46. The number of benzene rings is 1. The molecule has 1 aromatic heterocycles. The van der Waals surface area contributed by atoms with Gasteiger partial charge in [0.2, 0.25) is 0 Å². The molecule has 2 atom stereocenters. The van der Waals surface area contributed by atoms with Crippen LogP contribution in [0.3, 0.4) is 0 Å². The second-order valence-electron chi connectivity index (χ2n) is 6.06. The normalized spacial score (nSPS) is 17.9. The Morgan fingerprint density at radius 2 is 1.75 bits per heavy atom. The van der Waals surface area contributed by atoms with Gasteiger partial charge in [0, 0.05) is 44.6 Å². The molecule has 124 valence electrons. The number of nitrogens with zero attached hydrogens (tertiary/aromatic N) is 4. The van der Waals surface area contributed by atoms with Gasteiger partial charge in [-0.2, -0.15) is 5.26 Å². The van der Waals surface area contributed by atoms with Crippen LogP contribution in [0.25, 0.3) is 0 Å². The van der Waals surface area contributed by atoms with Crippen molar-refractivity contribution >= 4 is 5.69 Å². The summed E-state index contributed by atoms with van der Waals surface area (Å²) >= 11 is 0. The van der Waals surface area contributed by atoms with Crippen LogP contribution in [0, 0.1) is 17.2 Å². The zero-order valence-corrected chi connectivity index (χ0v) is 13.6. The quantitative estimate of drug-likeness (QED) is 0.913. The molecule has 5 nitrogen and oxygen atoms in total. The van der Waals surface area contributed by atoms with Gasteiger partial charge >= 0.3 is 0 Å². The van der Waals surface area contributed by atoms with Crippen molar-refractivity contribution in [3.8, 4) is 6.07 Å². The summed E-state index contributed by atoms with van der Waals surface area (Å²) in [7, 11) is 0. The lowest BCUT2D eigenvalue weighted by atomic mass is 9.99. The number of piperazine rings is 1. The molecule has 5 heteroatoms. The second kappa shape index (κ2) is 7.91. The average Bonchev–Trinajstić information content (AvgIpc) is 2.67. The minimum atomic E-state index is -0.844. The summed E-state index contributed by atoms with van der Waals surface area (Å²) in [5, 5.41) is 19.9. The SMILES string of the molecule is N#C[C@H](CN1CCN(c2ccccc2)CC1)[C@@H](O)c1ccccn1. The van der Waals surface area contributed by atoms with Crippen LogP contribution in [0.5, 0.6) is 0 Å². The van der Waals surface area contributed by atoms with Crippen LogP contribution >= 0.6 is 0 Å². The molecular formula is C19H22N4O. The van der Waals surface area contributed by atoms with Gasteiger partial charge in [0.25, 0.3) is 0 Å². The number of pyridine rings is 1. The third kappa shape index (κ3) is 3.91. The number of rotatable bonds is 5. The van der Waals surface area contributed by atoms with Crippen molar-refractivity contribution in [3.63, 3.8) is 0 Å². The zero-order valence-electron chi connectivity index (χ0n) is 13.6. The molecule has 1 aliphatic rings. The molecule has 1 N–H and O–H groups in total. The monoisotopic (exact) mass is 322 g/mol. The first-order valence-electron chi connectivity index (χ1n) is 8.29. The van der Waals surface area contributed by atoms with Crippen molar-refractivity contribution in [3.05, 3.63) is 60.4 Å². The maximum Gasteiger partial charge on any atom is 0.113 e. The minimum absolute atomic E-state index is 0.469. The number of nitriles is 1. The lowest BCUT2D eigenvalue weighted by Crippen LogP contribution is -2.48. The fourth-order valence-electron chi connectivity index (χ4n) is 3.07. The van der Waals surface area contributed by atoms with E-state index in [1.807, 2.05) is 12.1 Å². The van der Waals surface area contributed by atoms with Crippen molar-refractivity contribution in [1.29, 1.82) is 5.26 Å².